The van der Waals surface area contributed by atoms with Crippen LogP contribution in [0.15, 0.2) is 21.6 Å². The smallest absolute Gasteiger partial charge is 0.161 e. The maximum Gasteiger partial charge on any atom is 0.161 e. The van der Waals surface area contributed by atoms with Crippen LogP contribution < -0.4 is 15.2 Å². The van der Waals surface area contributed by atoms with Crippen LogP contribution >= 0.6 is 27.7 Å². The molecule has 1 rings (SSSR count). The zero-order chi connectivity index (χ0) is 15.3. The lowest BCUT2D eigenvalue weighted by molar-refractivity contribution is 0.354. The van der Waals surface area contributed by atoms with E-state index in [1.54, 1.807) is 14.2 Å². The Morgan fingerprint density at radius 3 is 2.30 bits per heavy atom. The summed E-state index contributed by atoms with van der Waals surface area (Å²) in [6.45, 7) is 6.06. The largest absolute Gasteiger partial charge is 0.493 e. The van der Waals surface area contributed by atoms with Gasteiger partial charge in [0, 0.05) is 10.2 Å². The van der Waals surface area contributed by atoms with Gasteiger partial charge in [0.05, 0.1) is 19.8 Å². The fourth-order valence-electron chi connectivity index (χ4n) is 1.52. The third kappa shape index (κ3) is 5.25. The van der Waals surface area contributed by atoms with Crippen LogP contribution in [0, 0.1) is 0 Å². The topological polar surface area (TPSA) is 56.8 Å². The number of amidine groups is 1. The minimum absolute atomic E-state index is 0.161. The van der Waals surface area contributed by atoms with Crippen LogP contribution in [-0.4, -0.2) is 24.9 Å². The SMILES string of the molecule is COc1cc(Br)c(CSC(N)=NC(C)(C)C)cc1OC. The molecule has 6 heteroatoms. The summed E-state index contributed by atoms with van der Waals surface area (Å²) in [6.07, 6.45) is 0. The van der Waals surface area contributed by atoms with E-state index >= 15 is 0 Å². The average Bonchev–Trinajstić information content (AvgIpc) is 2.34. The Morgan fingerprint density at radius 1 is 1.25 bits per heavy atom. The first-order valence-corrected chi connectivity index (χ1v) is 7.93. The summed E-state index contributed by atoms with van der Waals surface area (Å²) in [4.78, 5) is 4.42. The fraction of sp³-hybridized carbons (Fsp3) is 0.500. The van der Waals surface area contributed by atoms with Crippen LogP contribution in [0.1, 0.15) is 26.3 Å². The van der Waals surface area contributed by atoms with Crippen LogP contribution in [0.25, 0.3) is 0 Å². The second-order valence-corrected chi connectivity index (χ2v) is 7.06. The molecule has 0 unspecified atom stereocenters. The number of hydrogen-bond donors (Lipinski definition) is 1. The molecule has 4 nitrogen and oxygen atoms in total. The molecular weight excluding hydrogens is 340 g/mol. The van der Waals surface area contributed by atoms with Crippen molar-refractivity contribution in [3.05, 3.63) is 22.2 Å². The third-order valence-electron chi connectivity index (χ3n) is 2.37. The maximum atomic E-state index is 5.93. The van der Waals surface area contributed by atoms with Gasteiger partial charge in [0.2, 0.25) is 0 Å². The summed E-state index contributed by atoms with van der Waals surface area (Å²) in [7, 11) is 3.24. The fourth-order valence-corrected chi connectivity index (χ4v) is 3.05. The first-order chi connectivity index (χ1) is 9.26. The van der Waals surface area contributed by atoms with Gasteiger partial charge in [-0.05, 0) is 38.5 Å². The van der Waals surface area contributed by atoms with Crippen LogP contribution in [-0.2, 0) is 5.75 Å². The Labute approximate surface area is 133 Å². The van der Waals surface area contributed by atoms with Crippen molar-refractivity contribution in [3.63, 3.8) is 0 Å². The number of ether oxygens (including phenoxy) is 2. The summed E-state index contributed by atoms with van der Waals surface area (Å²) in [5.74, 6) is 2.12. The van der Waals surface area contributed by atoms with Gasteiger partial charge in [-0.25, -0.2) is 0 Å². The molecule has 0 radical (unpaired) electrons. The van der Waals surface area contributed by atoms with E-state index in [0.717, 1.165) is 10.0 Å². The molecule has 0 aliphatic heterocycles. The van der Waals surface area contributed by atoms with Crippen molar-refractivity contribution in [1.82, 2.24) is 0 Å². The van der Waals surface area contributed by atoms with Gasteiger partial charge in [-0.15, -0.1) is 0 Å². The molecule has 0 aliphatic rings. The highest BCUT2D eigenvalue weighted by molar-refractivity contribution is 9.10. The van der Waals surface area contributed by atoms with Gasteiger partial charge in [-0.1, -0.05) is 27.7 Å². The standard InChI is InChI=1S/C14H21BrN2O2S/c1-14(2,3)17-13(16)20-8-9-6-11(18-4)12(19-5)7-10(9)15/h6-7H,8H2,1-5H3,(H2,16,17). The number of halogens is 1. The lowest BCUT2D eigenvalue weighted by Gasteiger charge is -2.14. The molecule has 0 atom stereocenters. The normalized spacial score (nSPS) is 12.4. The number of methoxy groups -OCH3 is 2. The van der Waals surface area contributed by atoms with Crippen molar-refractivity contribution in [1.29, 1.82) is 0 Å². The lowest BCUT2D eigenvalue weighted by atomic mass is 10.1. The highest BCUT2D eigenvalue weighted by atomic mass is 79.9. The lowest BCUT2D eigenvalue weighted by Crippen LogP contribution is -2.17. The summed E-state index contributed by atoms with van der Waals surface area (Å²) in [6, 6.07) is 3.84. The van der Waals surface area contributed by atoms with Gasteiger partial charge in [0.15, 0.2) is 16.7 Å². The second kappa shape index (κ2) is 7.22. The molecule has 0 bridgehead atoms. The van der Waals surface area contributed by atoms with E-state index in [9.17, 15) is 0 Å². The van der Waals surface area contributed by atoms with Crippen molar-refractivity contribution >= 4 is 32.9 Å². The molecule has 0 aromatic heterocycles. The predicted octanol–water partition coefficient (Wildman–Crippen LogP) is 3.81. The molecule has 0 amide bonds. The number of hydrogen-bond acceptors (Lipinski definition) is 4. The van der Waals surface area contributed by atoms with E-state index in [4.69, 9.17) is 15.2 Å². The molecule has 0 fully saturated rings. The number of nitrogens with two attached hydrogens (primary N) is 1. The molecule has 0 aliphatic carbocycles. The summed E-state index contributed by atoms with van der Waals surface area (Å²) < 4.78 is 11.5. The third-order valence-corrected chi connectivity index (χ3v) is 3.95. The van der Waals surface area contributed by atoms with E-state index in [-0.39, 0.29) is 5.54 Å². The van der Waals surface area contributed by atoms with Crippen molar-refractivity contribution in [2.45, 2.75) is 32.1 Å². The van der Waals surface area contributed by atoms with Crippen molar-refractivity contribution in [2.24, 2.45) is 10.7 Å². The molecule has 112 valence electrons. The van der Waals surface area contributed by atoms with E-state index < -0.39 is 0 Å². The van der Waals surface area contributed by atoms with Gasteiger partial charge < -0.3 is 15.2 Å². The minimum atomic E-state index is -0.161. The van der Waals surface area contributed by atoms with E-state index in [0.29, 0.717) is 22.4 Å². The molecule has 20 heavy (non-hydrogen) atoms. The molecule has 0 spiro atoms. The van der Waals surface area contributed by atoms with Gasteiger partial charge >= 0.3 is 0 Å². The number of benzene rings is 1. The van der Waals surface area contributed by atoms with Crippen molar-refractivity contribution in [2.75, 3.05) is 14.2 Å². The zero-order valence-corrected chi connectivity index (χ0v) is 14.9. The van der Waals surface area contributed by atoms with Crippen LogP contribution in [0.5, 0.6) is 11.5 Å². The molecule has 0 saturated heterocycles. The number of rotatable bonds is 4. The molecule has 1 aromatic carbocycles. The first-order valence-electron chi connectivity index (χ1n) is 6.15. The average molecular weight is 361 g/mol. The monoisotopic (exact) mass is 360 g/mol. The summed E-state index contributed by atoms with van der Waals surface area (Å²) in [5.41, 5.74) is 6.85. The van der Waals surface area contributed by atoms with Gasteiger partial charge in [-0.3, -0.25) is 4.99 Å². The zero-order valence-electron chi connectivity index (χ0n) is 12.5. The number of thioether (sulfide) groups is 1. The molecule has 1 aromatic rings. The van der Waals surface area contributed by atoms with Gasteiger partial charge in [-0.2, -0.15) is 0 Å². The minimum Gasteiger partial charge on any atom is -0.493 e. The Hall–Kier alpha value is -0.880. The Bertz CT molecular complexity index is 499. The van der Waals surface area contributed by atoms with Crippen LogP contribution in [0.3, 0.4) is 0 Å². The van der Waals surface area contributed by atoms with E-state index in [2.05, 4.69) is 20.9 Å². The Kier molecular flexibility index (Phi) is 6.20. The van der Waals surface area contributed by atoms with Crippen LogP contribution in [0.2, 0.25) is 0 Å². The van der Waals surface area contributed by atoms with Crippen molar-refractivity contribution in [3.8, 4) is 11.5 Å². The van der Waals surface area contributed by atoms with E-state index in [1.165, 1.54) is 11.8 Å². The number of aliphatic imine (C=N–C) groups is 1. The van der Waals surface area contributed by atoms with E-state index in [1.807, 2.05) is 32.9 Å². The highest BCUT2D eigenvalue weighted by Crippen LogP contribution is 2.34. The van der Waals surface area contributed by atoms with Crippen molar-refractivity contribution < 1.29 is 9.47 Å². The molecule has 0 heterocycles. The predicted molar refractivity (Wildman–Crippen MR) is 89.9 cm³/mol. The van der Waals surface area contributed by atoms with Gasteiger partial charge in [0.1, 0.15) is 0 Å². The Balaban J connectivity index is 2.86. The highest BCUT2D eigenvalue weighted by Gasteiger charge is 2.12. The molecular formula is C14H21BrN2O2S. The first kappa shape index (κ1) is 17.2. The van der Waals surface area contributed by atoms with Gasteiger partial charge in [0.25, 0.3) is 0 Å². The Morgan fingerprint density at radius 2 is 1.80 bits per heavy atom. The molecule has 2 N–H and O–H groups in total. The molecule has 0 saturated carbocycles. The quantitative estimate of drug-likeness (QED) is 0.654. The summed E-state index contributed by atoms with van der Waals surface area (Å²) >= 11 is 5.04. The van der Waals surface area contributed by atoms with Crippen LogP contribution in [0.4, 0.5) is 0 Å². The number of nitrogens with zero attached hydrogens (tertiary/aromatic N) is 1. The summed E-state index contributed by atoms with van der Waals surface area (Å²) in [5, 5.41) is 0.583. The second-order valence-electron chi connectivity index (χ2n) is 5.21. The maximum absolute atomic E-state index is 5.93.